The fourth-order valence-electron chi connectivity index (χ4n) is 4.47. The molecule has 0 spiro atoms. The number of carboxylic acids is 1. The fourth-order valence-corrected chi connectivity index (χ4v) is 4.47. The van der Waals surface area contributed by atoms with Gasteiger partial charge in [-0.25, -0.2) is 9.59 Å². The molecule has 0 aliphatic heterocycles. The van der Waals surface area contributed by atoms with Crippen molar-refractivity contribution in [2.45, 2.75) is 51.2 Å². The summed E-state index contributed by atoms with van der Waals surface area (Å²) in [4.78, 5) is 24.8. The van der Waals surface area contributed by atoms with E-state index in [9.17, 15) is 14.7 Å². The minimum Gasteiger partial charge on any atom is -0.488 e. The molecule has 0 bridgehead atoms. The van der Waals surface area contributed by atoms with Gasteiger partial charge in [-0.2, -0.15) is 0 Å². The highest BCUT2D eigenvalue weighted by atomic mass is 16.5. The van der Waals surface area contributed by atoms with Crippen molar-refractivity contribution in [2.24, 2.45) is 0 Å². The van der Waals surface area contributed by atoms with E-state index in [4.69, 9.17) is 9.47 Å². The Balaban J connectivity index is 1.43. The van der Waals surface area contributed by atoms with Gasteiger partial charge < -0.3 is 19.9 Å². The number of benzene rings is 3. The van der Waals surface area contributed by atoms with Crippen LogP contribution in [0.3, 0.4) is 0 Å². The van der Waals surface area contributed by atoms with Gasteiger partial charge in [0, 0.05) is 12.3 Å². The molecule has 0 unspecified atom stereocenters. The molecule has 2 N–H and O–H groups in total. The van der Waals surface area contributed by atoms with Crippen LogP contribution in [-0.2, 0) is 16.0 Å². The van der Waals surface area contributed by atoms with E-state index in [0.717, 1.165) is 27.8 Å². The molecule has 35 heavy (non-hydrogen) atoms. The molecule has 182 valence electrons. The number of aliphatic carboxylic acids is 1. The Morgan fingerprint density at radius 1 is 0.857 bits per heavy atom. The normalized spacial score (nSPS) is 14.4. The van der Waals surface area contributed by atoms with E-state index in [2.05, 4.69) is 17.4 Å². The highest BCUT2D eigenvalue weighted by Crippen LogP contribution is 2.44. The fraction of sp³-hybridized carbons (Fsp3) is 0.310. The smallest absolute Gasteiger partial charge is 0.408 e. The van der Waals surface area contributed by atoms with Crippen LogP contribution in [0.1, 0.15) is 50.3 Å². The summed E-state index contributed by atoms with van der Waals surface area (Å²) in [5, 5.41) is 12.5. The number of carbonyl (C=O) groups is 2. The Bertz CT molecular complexity index is 1180. The van der Waals surface area contributed by atoms with Crippen LogP contribution in [0, 0.1) is 0 Å². The molecule has 3 aromatic carbocycles. The third-order valence-corrected chi connectivity index (χ3v) is 6.10. The van der Waals surface area contributed by atoms with Gasteiger partial charge in [-0.05, 0) is 67.6 Å². The maximum Gasteiger partial charge on any atom is 0.408 e. The van der Waals surface area contributed by atoms with E-state index in [1.54, 1.807) is 12.1 Å². The first kappa shape index (κ1) is 24.3. The lowest BCUT2D eigenvalue weighted by Crippen LogP contribution is -2.54. The second-order valence-corrected chi connectivity index (χ2v) is 10.1. The van der Waals surface area contributed by atoms with Gasteiger partial charge >= 0.3 is 12.1 Å². The Kier molecular flexibility index (Phi) is 6.57. The second kappa shape index (κ2) is 9.45. The molecular weight excluding hydrogens is 442 g/mol. The van der Waals surface area contributed by atoms with Crippen LogP contribution in [0.4, 0.5) is 4.79 Å². The molecule has 0 saturated carbocycles. The van der Waals surface area contributed by atoms with Gasteiger partial charge in [0.1, 0.15) is 23.5 Å². The first-order valence-electron chi connectivity index (χ1n) is 11.7. The summed E-state index contributed by atoms with van der Waals surface area (Å²) in [5.41, 5.74) is 3.35. The average Bonchev–Trinajstić information content (AvgIpc) is 3.12. The number of hydrogen-bond donors (Lipinski definition) is 2. The van der Waals surface area contributed by atoms with E-state index in [-0.39, 0.29) is 24.5 Å². The summed E-state index contributed by atoms with van der Waals surface area (Å²) in [6.07, 6.45) is -0.660. The first-order chi connectivity index (χ1) is 16.6. The molecule has 0 radical (unpaired) electrons. The van der Waals surface area contributed by atoms with E-state index in [0.29, 0.717) is 5.75 Å². The molecule has 4 rings (SSSR count). The molecule has 0 fully saturated rings. The molecule has 6 nitrogen and oxygen atoms in total. The number of ether oxygens (including phenoxy) is 2. The Hall–Kier alpha value is -3.80. The monoisotopic (exact) mass is 473 g/mol. The van der Waals surface area contributed by atoms with Crippen molar-refractivity contribution < 1.29 is 24.2 Å². The molecule has 0 saturated heterocycles. The second-order valence-electron chi connectivity index (χ2n) is 10.1. The minimum atomic E-state index is -1.53. The summed E-state index contributed by atoms with van der Waals surface area (Å²) < 4.78 is 11.4. The number of amides is 1. The van der Waals surface area contributed by atoms with E-state index >= 15 is 0 Å². The van der Waals surface area contributed by atoms with Crippen LogP contribution in [0.5, 0.6) is 5.75 Å². The topological polar surface area (TPSA) is 84.9 Å². The maximum absolute atomic E-state index is 12.7. The summed E-state index contributed by atoms with van der Waals surface area (Å²) in [5.74, 6) is -0.539. The maximum atomic E-state index is 12.7. The molecular formula is C29H31NO5. The van der Waals surface area contributed by atoms with Crippen LogP contribution in [0.25, 0.3) is 11.1 Å². The van der Waals surface area contributed by atoms with Crippen LogP contribution >= 0.6 is 0 Å². The zero-order valence-electron chi connectivity index (χ0n) is 20.5. The lowest BCUT2D eigenvalue weighted by atomic mass is 9.93. The van der Waals surface area contributed by atoms with Gasteiger partial charge in [-0.3, -0.25) is 0 Å². The lowest BCUT2D eigenvalue weighted by Gasteiger charge is -2.27. The van der Waals surface area contributed by atoms with E-state index in [1.807, 2.05) is 69.3 Å². The SMILES string of the molecule is CC(C)(C)Oc1ccc(C[C@](C)(NC(=O)OCC2c3ccccc3-c3ccccc32)C(=O)O)cc1. The van der Waals surface area contributed by atoms with Crippen molar-refractivity contribution in [2.75, 3.05) is 6.61 Å². The molecule has 1 aliphatic rings. The first-order valence-corrected chi connectivity index (χ1v) is 11.7. The number of carbonyl (C=O) groups excluding carboxylic acids is 1. The zero-order valence-corrected chi connectivity index (χ0v) is 20.5. The molecule has 1 aliphatic carbocycles. The van der Waals surface area contributed by atoms with Crippen LogP contribution in [0.2, 0.25) is 0 Å². The molecule has 1 atom stereocenters. The van der Waals surface area contributed by atoms with Gasteiger partial charge in [0.25, 0.3) is 0 Å². The summed E-state index contributed by atoms with van der Waals surface area (Å²) in [7, 11) is 0. The van der Waals surface area contributed by atoms with Gasteiger partial charge in [0.05, 0.1) is 0 Å². The van der Waals surface area contributed by atoms with Crippen molar-refractivity contribution in [1.29, 1.82) is 0 Å². The summed E-state index contributed by atoms with van der Waals surface area (Å²) in [6, 6.07) is 23.3. The van der Waals surface area contributed by atoms with Crippen molar-refractivity contribution in [3.63, 3.8) is 0 Å². The largest absolute Gasteiger partial charge is 0.488 e. The predicted molar refractivity (Wildman–Crippen MR) is 135 cm³/mol. The van der Waals surface area contributed by atoms with E-state index in [1.165, 1.54) is 6.92 Å². The highest BCUT2D eigenvalue weighted by molar-refractivity contribution is 5.84. The van der Waals surface area contributed by atoms with Crippen LogP contribution < -0.4 is 10.1 Å². The molecule has 0 heterocycles. The standard InChI is InChI=1S/C29H31NO5/c1-28(2,3)35-20-15-13-19(14-16-20)17-29(4,26(31)32)30-27(33)34-18-25-23-11-7-5-9-21(23)22-10-6-8-12-24(22)25/h5-16,25H,17-18H2,1-4H3,(H,30,33)(H,31,32)/t29-/m0/s1. The Labute approximate surface area is 205 Å². The Morgan fingerprint density at radius 2 is 1.40 bits per heavy atom. The van der Waals surface area contributed by atoms with Crippen molar-refractivity contribution in [3.8, 4) is 16.9 Å². The van der Waals surface area contributed by atoms with Gasteiger partial charge in [0.15, 0.2) is 0 Å². The van der Waals surface area contributed by atoms with Crippen molar-refractivity contribution >= 4 is 12.1 Å². The van der Waals surface area contributed by atoms with Gasteiger partial charge in [-0.1, -0.05) is 60.7 Å². The molecule has 0 aromatic heterocycles. The predicted octanol–water partition coefficient (Wildman–Crippen LogP) is 5.79. The van der Waals surface area contributed by atoms with Gasteiger partial charge in [0.2, 0.25) is 0 Å². The minimum absolute atomic E-state index is 0.0976. The summed E-state index contributed by atoms with van der Waals surface area (Å²) in [6.45, 7) is 7.48. The number of alkyl carbamates (subject to hydrolysis) is 1. The lowest BCUT2D eigenvalue weighted by molar-refractivity contribution is -0.143. The van der Waals surface area contributed by atoms with Crippen molar-refractivity contribution in [1.82, 2.24) is 5.32 Å². The summed E-state index contributed by atoms with van der Waals surface area (Å²) >= 11 is 0. The quantitative estimate of drug-likeness (QED) is 0.454. The Morgan fingerprint density at radius 3 is 1.91 bits per heavy atom. The average molecular weight is 474 g/mol. The van der Waals surface area contributed by atoms with Crippen LogP contribution in [0.15, 0.2) is 72.8 Å². The zero-order chi connectivity index (χ0) is 25.2. The van der Waals surface area contributed by atoms with Crippen molar-refractivity contribution in [3.05, 3.63) is 89.5 Å². The molecule has 1 amide bonds. The number of carboxylic acid groups (broad SMARTS) is 1. The van der Waals surface area contributed by atoms with Gasteiger partial charge in [-0.15, -0.1) is 0 Å². The number of fused-ring (bicyclic) bond motifs is 3. The number of hydrogen-bond acceptors (Lipinski definition) is 4. The third-order valence-electron chi connectivity index (χ3n) is 6.10. The molecule has 6 heteroatoms. The third kappa shape index (κ3) is 5.48. The van der Waals surface area contributed by atoms with E-state index < -0.39 is 17.6 Å². The highest BCUT2D eigenvalue weighted by Gasteiger charge is 2.36. The van der Waals surface area contributed by atoms with Crippen LogP contribution in [-0.4, -0.2) is 34.9 Å². The number of nitrogens with one attached hydrogen (secondary N) is 1. The number of rotatable bonds is 7. The molecule has 3 aromatic rings.